The lowest BCUT2D eigenvalue weighted by Crippen LogP contribution is -2.80. The van der Waals surface area contributed by atoms with Gasteiger partial charge < -0.3 is 35.9 Å². The number of nitrogens with two attached hydrogens (primary N) is 2. The van der Waals surface area contributed by atoms with Crippen LogP contribution in [0.5, 0.6) is 0 Å². The van der Waals surface area contributed by atoms with Crippen LogP contribution in [-0.4, -0.2) is 17.4 Å². The van der Waals surface area contributed by atoms with Crippen LogP contribution in [0.15, 0.2) is 182 Å². The van der Waals surface area contributed by atoms with E-state index < -0.39 is 11.9 Å². The van der Waals surface area contributed by atoms with Gasteiger partial charge in [-0.15, -0.1) is 0 Å². The van der Waals surface area contributed by atoms with Gasteiger partial charge in [-0.2, -0.15) is 0 Å². The van der Waals surface area contributed by atoms with Gasteiger partial charge in [0.15, 0.2) is 0 Å². The number of carbonyl (C=O) groups is 2. The van der Waals surface area contributed by atoms with Crippen molar-refractivity contribution >= 4 is 47.3 Å². The molecule has 0 saturated carbocycles. The first-order valence-electron chi connectivity index (χ1n) is 17.4. The standard InChI is InChI=1S/2C14H15N.2C9H7ClO2.H2O/c2*1-3-7-13(8-4-1)11-15-12-14-9-5-2-6-10-14;2*10-8-4-2-1-3-7(8)5-6-9(11)12;/h2*1-10,15H,11-12H2;2*1-6H,(H,11,12);1H2/b;;2*6-5+;. The van der Waals surface area contributed by atoms with Gasteiger partial charge in [0.25, 0.3) is 0 Å². The maximum atomic E-state index is 10.0. The lowest BCUT2D eigenvalue weighted by molar-refractivity contribution is -0.686. The average Bonchev–Trinajstić information content (AvgIpc) is 3.20. The van der Waals surface area contributed by atoms with Crippen molar-refractivity contribution < 1.29 is 35.9 Å². The molecule has 6 aromatic carbocycles. The number of carboxylic acids is 2. The largest absolute Gasteiger partial charge is 0.545 e. The maximum absolute atomic E-state index is 10.0. The predicted octanol–water partition coefficient (Wildman–Crippen LogP) is 5.28. The Kier molecular flexibility index (Phi) is 22.9. The molecule has 0 fully saturated rings. The lowest BCUT2D eigenvalue weighted by Gasteiger charge is -2.01. The number of aliphatic carboxylic acids is 2. The Labute approximate surface area is 333 Å². The van der Waals surface area contributed by atoms with Crippen LogP contribution in [0.3, 0.4) is 0 Å². The number of quaternary nitrogens is 2. The van der Waals surface area contributed by atoms with Gasteiger partial charge in [-0.05, 0) is 35.4 Å². The SMILES string of the molecule is O.O=C([O-])/C=C/c1ccccc1Cl.O=C([O-])/C=C/c1ccccc1Cl.c1ccc(C[NH2+]Cc2ccccc2)cc1.c1ccc(C[NH2+]Cc2ccccc2)cc1. The van der Waals surface area contributed by atoms with Crippen molar-refractivity contribution in [1.82, 2.24) is 0 Å². The highest BCUT2D eigenvalue weighted by atomic mass is 35.5. The van der Waals surface area contributed by atoms with Crippen LogP contribution in [0, 0.1) is 0 Å². The molecule has 0 bridgehead atoms. The van der Waals surface area contributed by atoms with Crippen LogP contribution in [-0.2, 0) is 35.8 Å². The zero-order valence-electron chi connectivity index (χ0n) is 30.3. The molecule has 55 heavy (non-hydrogen) atoms. The first-order chi connectivity index (χ1) is 26.3. The van der Waals surface area contributed by atoms with Crippen LogP contribution in [0.1, 0.15) is 33.4 Å². The van der Waals surface area contributed by atoms with E-state index in [-0.39, 0.29) is 5.48 Å². The zero-order valence-corrected chi connectivity index (χ0v) is 31.9. The third kappa shape index (κ3) is 20.9. The highest BCUT2D eigenvalue weighted by molar-refractivity contribution is 6.32. The second-order valence-corrected chi connectivity index (χ2v) is 12.5. The molecule has 6 aromatic rings. The number of hydrogen-bond donors (Lipinski definition) is 2. The van der Waals surface area contributed by atoms with Crippen molar-refractivity contribution in [2.75, 3.05) is 0 Å². The van der Waals surface area contributed by atoms with Gasteiger partial charge >= 0.3 is 0 Å². The van der Waals surface area contributed by atoms with Crippen molar-refractivity contribution in [2.45, 2.75) is 26.2 Å². The van der Waals surface area contributed by atoms with Crippen LogP contribution < -0.4 is 20.8 Å². The smallest absolute Gasteiger partial charge is 0.101 e. The van der Waals surface area contributed by atoms with Crippen LogP contribution in [0.2, 0.25) is 10.0 Å². The Bertz CT molecular complexity index is 1770. The molecule has 0 aliphatic heterocycles. The first kappa shape index (κ1) is 45.4. The molecule has 0 heterocycles. The Morgan fingerprint density at radius 2 is 0.655 bits per heavy atom. The molecule has 0 radical (unpaired) electrons. The summed E-state index contributed by atoms with van der Waals surface area (Å²) in [5, 5.41) is 25.8. The van der Waals surface area contributed by atoms with Gasteiger partial charge in [-0.25, -0.2) is 0 Å². The van der Waals surface area contributed by atoms with Crippen molar-refractivity contribution in [1.29, 1.82) is 0 Å². The van der Waals surface area contributed by atoms with Crippen LogP contribution in [0.4, 0.5) is 0 Å². The summed E-state index contributed by atoms with van der Waals surface area (Å²) in [5.41, 5.74) is 6.87. The molecule has 284 valence electrons. The highest BCUT2D eigenvalue weighted by Crippen LogP contribution is 2.16. The highest BCUT2D eigenvalue weighted by Gasteiger charge is 1.97. The van der Waals surface area contributed by atoms with E-state index in [0.29, 0.717) is 21.2 Å². The van der Waals surface area contributed by atoms with Crippen molar-refractivity contribution in [3.63, 3.8) is 0 Å². The summed E-state index contributed by atoms with van der Waals surface area (Å²) in [4.78, 5) is 20.1. The van der Waals surface area contributed by atoms with Crippen LogP contribution >= 0.6 is 23.2 Å². The average molecular weight is 778 g/mol. The number of halogens is 2. The number of rotatable bonds is 12. The minimum atomic E-state index is -1.23. The fourth-order valence-electron chi connectivity index (χ4n) is 4.80. The van der Waals surface area contributed by atoms with Gasteiger partial charge in [-0.1, -0.05) is 193 Å². The molecule has 0 unspecified atom stereocenters. The van der Waals surface area contributed by atoms with E-state index >= 15 is 0 Å². The van der Waals surface area contributed by atoms with Crippen molar-refractivity contribution in [2.24, 2.45) is 0 Å². The summed E-state index contributed by atoms with van der Waals surface area (Å²) in [6.07, 6.45) is 4.69. The third-order valence-corrected chi connectivity index (χ3v) is 8.19. The second-order valence-electron chi connectivity index (χ2n) is 11.7. The molecular weight excluding hydrogens is 731 g/mol. The van der Waals surface area contributed by atoms with E-state index in [2.05, 4.69) is 132 Å². The van der Waals surface area contributed by atoms with Gasteiger partial charge in [0.2, 0.25) is 0 Å². The van der Waals surface area contributed by atoms with Crippen molar-refractivity contribution in [3.05, 3.63) is 225 Å². The Hall–Kier alpha value is -5.80. The molecule has 7 nitrogen and oxygen atoms in total. The summed E-state index contributed by atoms with van der Waals surface area (Å²) >= 11 is 11.5. The summed E-state index contributed by atoms with van der Waals surface area (Å²) in [6, 6.07) is 56.2. The first-order valence-corrected chi connectivity index (χ1v) is 18.1. The molecule has 9 heteroatoms. The molecule has 0 aromatic heterocycles. The second kappa shape index (κ2) is 27.8. The minimum absolute atomic E-state index is 0. The number of benzene rings is 6. The maximum Gasteiger partial charge on any atom is 0.101 e. The van der Waals surface area contributed by atoms with Crippen LogP contribution in [0.25, 0.3) is 12.2 Å². The monoisotopic (exact) mass is 776 g/mol. The predicted molar refractivity (Wildman–Crippen MR) is 219 cm³/mol. The van der Waals surface area contributed by atoms with E-state index in [1.807, 2.05) is 0 Å². The van der Waals surface area contributed by atoms with E-state index in [1.165, 1.54) is 34.4 Å². The summed E-state index contributed by atoms with van der Waals surface area (Å²) in [6.45, 7) is 4.21. The molecular formula is C46H46Cl2N2O5. The Balaban J connectivity index is 0.000000254. The van der Waals surface area contributed by atoms with E-state index in [9.17, 15) is 19.8 Å². The molecule has 0 aliphatic rings. The molecule has 0 aliphatic carbocycles. The van der Waals surface area contributed by atoms with E-state index in [0.717, 1.165) is 38.3 Å². The molecule has 0 spiro atoms. The molecule has 0 atom stereocenters. The molecule has 0 amide bonds. The number of carbonyl (C=O) groups excluding carboxylic acids is 2. The quantitative estimate of drug-likeness (QED) is 0.163. The normalized spacial score (nSPS) is 10.1. The van der Waals surface area contributed by atoms with Gasteiger partial charge in [0.1, 0.15) is 26.2 Å². The molecule has 6 N–H and O–H groups in total. The minimum Gasteiger partial charge on any atom is -0.545 e. The Morgan fingerprint density at radius 1 is 0.418 bits per heavy atom. The topological polar surface area (TPSA) is 145 Å². The zero-order chi connectivity index (χ0) is 38.6. The number of hydrogen-bond acceptors (Lipinski definition) is 4. The summed E-state index contributed by atoms with van der Waals surface area (Å²) < 4.78 is 0. The van der Waals surface area contributed by atoms with E-state index in [1.54, 1.807) is 48.5 Å². The molecule has 6 rings (SSSR count). The van der Waals surface area contributed by atoms with Crippen molar-refractivity contribution in [3.8, 4) is 0 Å². The third-order valence-electron chi connectivity index (χ3n) is 7.50. The summed E-state index contributed by atoms with van der Waals surface area (Å²) in [5.74, 6) is -2.45. The van der Waals surface area contributed by atoms with E-state index in [4.69, 9.17) is 23.2 Å². The van der Waals surface area contributed by atoms with Gasteiger partial charge in [0.05, 0.1) is 11.9 Å². The fraction of sp³-hybridized carbons (Fsp3) is 0.0870. The van der Waals surface area contributed by atoms with Gasteiger partial charge in [0, 0.05) is 32.3 Å². The van der Waals surface area contributed by atoms with Gasteiger partial charge in [-0.3, -0.25) is 0 Å². The molecule has 0 saturated heterocycles. The summed E-state index contributed by atoms with van der Waals surface area (Å²) in [7, 11) is 0. The number of carboxylic acid groups (broad SMARTS) is 2. The Morgan fingerprint density at radius 3 is 0.891 bits per heavy atom. The fourth-order valence-corrected chi connectivity index (χ4v) is 5.20. The lowest BCUT2D eigenvalue weighted by atomic mass is 10.2.